The molecule has 30 heavy (non-hydrogen) atoms. The molecule has 2 heterocycles. The number of aryl methyl sites for hydroxylation is 1. The Bertz CT molecular complexity index is 1000. The van der Waals surface area contributed by atoms with Gasteiger partial charge in [-0.15, -0.1) is 35.0 Å². The van der Waals surface area contributed by atoms with E-state index in [1.54, 1.807) is 24.3 Å². The first kappa shape index (κ1) is 24.2. The number of benzene rings is 2. The van der Waals surface area contributed by atoms with Crippen molar-refractivity contribution < 1.29 is 4.79 Å². The zero-order valence-electron chi connectivity index (χ0n) is 16.3. The number of carbonyl (C=O) groups is 1. The molecule has 0 unspecified atom stereocenters. The molecule has 2 aromatic carbocycles. The van der Waals surface area contributed by atoms with E-state index in [0.717, 1.165) is 48.6 Å². The Morgan fingerprint density at radius 2 is 1.83 bits per heavy atom. The quantitative estimate of drug-likeness (QED) is 0.571. The Hall–Kier alpha value is -2.12. The molecule has 0 saturated heterocycles. The Morgan fingerprint density at radius 1 is 1.07 bits per heavy atom. The van der Waals surface area contributed by atoms with Crippen molar-refractivity contribution in [2.24, 2.45) is 5.73 Å². The van der Waals surface area contributed by atoms with Gasteiger partial charge in [0.2, 0.25) is 0 Å². The summed E-state index contributed by atoms with van der Waals surface area (Å²) in [5, 5.41) is 12.2. The summed E-state index contributed by atoms with van der Waals surface area (Å²) in [6, 6.07) is 12.7. The first-order valence-corrected chi connectivity index (χ1v) is 9.86. The highest BCUT2D eigenvalue weighted by Gasteiger charge is 2.18. The lowest BCUT2D eigenvalue weighted by Crippen LogP contribution is -2.12. The highest BCUT2D eigenvalue weighted by Crippen LogP contribution is 2.31. The van der Waals surface area contributed by atoms with Crippen LogP contribution in [-0.2, 0) is 19.5 Å². The third kappa shape index (κ3) is 5.13. The van der Waals surface area contributed by atoms with Gasteiger partial charge in [0, 0.05) is 36.3 Å². The minimum atomic E-state index is -0.183. The van der Waals surface area contributed by atoms with Crippen molar-refractivity contribution in [2.75, 3.05) is 5.32 Å². The molecular weight excluding hydrogens is 445 g/mol. The number of aromatic nitrogens is 3. The van der Waals surface area contributed by atoms with E-state index < -0.39 is 0 Å². The van der Waals surface area contributed by atoms with Gasteiger partial charge in [0.05, 0.1) is 5.02 Å². The topological polar surface area (TPSA) is 85.8 Å². The molecule has 0 bridgehead atoms. The highest BCUT2D eigenvalue weighted by atomic mass is 35.5. The third-order valence-electron chi connectivity index (χ3n) is 5.03. The zero-order valence-corrected chi connectivity index (χ0v) is 18.7. The lowest BCUT2D eigenvalue weighted by molar-refractivity contribution is 0.102. The fourth-order valence-electron chi connectivity index (χ4n) is 3.45. The fourth-order valence-corrected chi connectivity index (χ4v) is 3.66. The molecule has 3 aromatic rings. The molecule has 0 aliphatic carbocycles. The summed E-state index contributed by atoms with van der Waals surface area (Å²) in [5.41, 5.74) is 8.61. The molecule has 0 spiro atoms. The Morgan fingerprint density at radius 3 is 2.57 bits per heavy atom. The summed E-state index contributed by atoms with van der Waals surface area (Å²) in [5.74, 6) is 1.57. The lowest BCUT2D eigenvalue weighted by atomic mass is 10.1. The van der Waals surface area contributed by atoms with Crippen molar-refractivity contribution in [1.82, 2.24) is 14.8 Å². The van der Waals surface area contributed by atoms with E-state index in [1.165, 1.54) is 6.42 Å². The second-order valence-corrected chi connectivity index (χ2v) is 7.36. The van der Waals surface area contributed by atoms with Crippen LogP contribution in [0.1, 0.15) is 41.0 Å². The molecule has 1 aliphatic heterocycles. The van der Waals surface area contributed by atoms with Crippen LogP contribution in [0.2, 0.25) is 5.02 Å². The molecule has 1 amide bonds. The van der Waals surface area contributed by atoms with Crippen LogP contribution in [0.3, 0.4) is 0 Å². The molecule has 0 radical (unpaired) electrons. The number of rotatable bonds is 4. The van der Waals surface area contributed by atoms with Crippen molar-refractivity contribution in [2.45, 2.75) is 38.8 Å². The number of nitrogens with one attached hydrogen (secondary N) is 1. The second kappa shape index (κ2) is 10.8. The first-order valence-electron chi connectivity index (χ1n) is 9.48. The van der Waals surface area contributed by atoms with Gasteiger partial charge in [-0.05, 0) is 48.7 Å². The Labute approximate surface area is 193 Å². The summed E-state index contributed by atoms with van der Waals surface area (Å²) in [6.45, 7) is 1.34. The van der Waals surface area contributed by atoms with Gasteiger partial charge in [0.1, 0.15) is 5.82 Å². The second-order valence-electron chi connectivity index (χ2n) is 6.95. The predicted molar refractivity (Wildman–Crippen MR) is 125 cm³/mol. The predicted octanol–water partition coefficient (Wildman–Crippen LogP) is 4.88. The van der Waals surface area contributed by atoms with Crippen LogP contribution in [0.25, 0.3) is 11.4 Å². The van der Waals surface area contributed by atoms with Gasteiger partial charge in [-0.2, -0.15) is 0 Å². The van der Waals surface area contributed by atoms with Crippen LogP contribution in [0, 0.1) is 0 Å². The van der Waals surface area contributed by atoms with Gasteiger partial charge < -0.3 is 15.6 Å². The molecule has 0 atom stereocenters. The molecule has 1 aromatic heterocycles. The van der Waals surface area contributed by atoms with E-state index in [1.807, 2.05) is 18.2 Å². The maximum atomic E-state index is 12.6. The van der Waals surface area contributed by atoms with Crippen molar-refractivity contribution in [1.29, 1.82) is 0 Å². The zero-order chi connectivity index (χ0) is 19.5. The number of nitrogens with two attached hydrogens (primary N) is 1. The third-order valence-corrected chi connectivity index (χ3v) is 5.36. The van der Waals surface area contributed by atoms with Crippen LogP contribution in [0.15, 0.2) is 42.5 Å². The number of halogens is 3. The van der Waals surface area contributed by atoms with E-state index in [0.29, 0.717) is 22.8 Å². The standard InChI is InChI=1S/C21H22ClN5O.2ClH/c22-18-10-9-16(24-21(28)15-7-5-14(13-23)6-8-15)12-17(18)20-26-25-19-4-2-1-3-11-27(19)20;;/h5-10,12H,1-4,11,13,23H2,(H,24,28);2*1H. The van der Waals surface area contributed by atoms with Crippen molar-refractivity contribution in [3.8, 4) is 11.4 Å². The van der Waals surface area contributed by atoms with Gasteiger partial charge in [-0.25, -0.2) is 0 Å². The average molecular weight is 469 g/mol. The van der Waals surface area contributed by atoms with Gasteiger partial charge in [0.25, 0.3) is 5.91 Å². The van der Waals surface area contributed by atoms with E-state index in [-0.39, 0.29) is 30.7 Å². The molecule has 0 fully saturated rings. The number of hydrogen-bond donors (Lipinski definition) is 2. The molecule has 1 aliphatic rings. The maximum Gasteiger partial charge on any atom is 0.255 e. The van der Waals surface area contributed by atoms with Crippen molar-refractivity contribution in [3.05, 3.63) is 64.4 Å². The number of fused-ring (bicyclic) bond motifs is 1. The number of amides is 1. The van der Waals surface area contributed by atoms with E-state index >= 15 is 0 Å². The van der Waals surface area contributed by atoms with E-state index in [4.69, 9.17) is 17.3 Å². The van der Waals surface area contributed by atoms with Crippen molar-refractivity contribution in [3.63, 3.8) is 0 Å². The summed E-state index contributed by atoms with van der Waals surface area (Å²) in [6.07, 6.45) is 4.35. The molecule has 160 valence electrons. The number of nitrogens with zero attached hydrogens (tertiary/aromatic N) is 3. The maximum absolute atomic E-state index is 12.6. The molecule has 3 N–H and O–H groups in total. The summed E-state index contributed by atoms with van der Waals surface area (Å²) < 4.78 is 2.14. The van der Waals surface area contributed by atoms with E-state index in [9.17, 15) is 4.79 Å². The summed E-state index contributed by atoms with van der Waals surface area (Å²) in [7, 11) is 0. The Kier molecular flexibility index (Phi) is 8.67. The van der Waals surface area contributed by atoms with Gasteiger partial charge in [0.15, 0.2) is 5.82 Å². The monoisotopic (exact) mass is 467 g/mol. The number of carbonyl (C=O) groups excluding carboxylic acids is 1. The largest absolute Gasteiger partial charge is 0.326 e. The van der Waals surface area contributed by atoms with Gasteiger partial charge in [-0.1, -0.05) is 30.2 Å². The van der Waals surface area contributed by atoms with Crippen LogP contribution >= 0.6 is 36.4 Å². The average Bonchev–Trinajstić information content (AvgIpc) is 2.97. The molecule has 0 saturated carbocycles. The normalized spacial score (nSPS) is 12.7. The Balaban J connectivity index is 0.00000160. The van der Waals surface area contributed by atoms with Crippen molar-refractivity contribution >= 4 is 48.0 Å². The molecular formula is C21H24Cl3N5O. The van der Waals surface area contributed by atoms with Gasteiger partial charge in [-0.3, -0.25) is 4.79 Å². The first-order chi connectivity index (χ1) is 13.7. The molecule has 4 rings (SSSR count). The summed E-state index contributed by atoms with van der Waals surface area (Å²) >= 11 is 6.45. The minimum absolute atomic E-state index is 0. The highest BCUT2D eigenvalue weighted by molar-refractivity contribution is 6.33. The molecule has 6 nitrogen and oxygen atoms in total. The lowest BCUT2D eigenvalue weighted by Gasteiger charge is -2.11. The van der Waals surface area contributed by atoms with Crippen LogP contribution in [0.4, 0.5) is 5.69 Å². The number of anilines is 1. The van der Waals surface area contributed by atoms with Crippen LogP contribution < -0.4 is 11.1 Å². The minimum Gasteiger partial charge on any atom is -0.326 e. The SMILES string of the molecule is Cl.Cl.NCc1ccc(C(=O)Nc2ccc(Cl)c(-c3nnc4n3CCCCC4)c2)cc1. The van der Waals surface area contributed by atoms with Gasteiger partial charge >= 0.3 is 0 Å². The fraction of sp³-hybridized carbons (Fsp3) is 0.286. The van der Waals surface area contributed by atoms with Crippen LogP contribution in [-0.4, -0.2) is 20.7 Å². The van der Waals surface area contributed by atoms with E-state index in [2.05, 4.69) is 20.1 Å². The summed E-state index contributed by atoms with van der Waals surface area (Å²) in [4.78, 5) is 12.6. The van der Waals surface area contributed by atoms with Crippen LogP contribution in [0.5, 0.6) is 0 Å². The molecule has 9 heteroatoms. The number of hydrogen-bond acceptors (Lipinski definition) is 4. The smallest absolute Gasteiger partial charge is 0.255 e.